The van der Waals surface area contributed by atoms with E-state index in [-0.39, 0.29) is 18.4 Å². The normalized spacial score (nSPS) is 14.9. The molecule has 32 heavy (non-hydrogen) atoms. The van der Waals surface area contributed by atoms with Crippen molar-refractivity contribution in [2.45, 2.75) is 13.3 Å². The lowest BCUT2D eigenvalue weighted by molar-refractivity contribution is -0.126. The van der Waals surface area contributed by atoms with Gasteiger partial charge in [-0.05, 0) is 36.3 Å². The summed E-state index contributed by atoms with van der Waals surface area (Å²) in [6.07, 6.45) is 4.22. The lowest BCUT2D eigenvalue weighted by Gasteiger charge is -2.13. The number of anilines is 1. The molecule has 0 atom stereocenters. The van der Waals surface area contributed by atoms with Crippen LogP contribution in [0.15, 0.2) is 59.6 Å². The molecule has 0 radical (unpaired) electrons. The molecule has 2 heterocycles. The Morgan fingerprint density at radius 3 is 2.62 bits per heavy atom. The maximum absolute atomic E-state index is 12.8. The molecule has 0 saturated carbocycles. The molecule has 9 heteroatoms. The van der Waals surface area contributed by atoms with E-state index in [0.29, 0.717) is 25.8 Å². The number of amides is 2. The second-order valence-electron chi connectivity index (χ2n) is 7.16. The molecule has 162 valence electrons. The number of thiazole rings is 1. The number of rotatable bonds is 6. The van der Waals surface area contributed by atoms with E-state index in [9.17, 15) is 9.59 Å². The van der Waals surface area contributed by atoms with Crippen LogP contribution in [-0.4, -0.2) is 32.6 Å². The third kappa shape index (κ3) is 5.63. The minimum absolute atomic E-state index is 0.151. The minimum Gasteiger partial charge on any atom is -0.300 e. The van der Waals surface area contributed by atoms with Gasteiger partial charge in [-0.1, -0.05) is 77.5 Å². The van der Waals surface area contributed by atoms with Crippen molar-refractivity contribution in [3.63, 3.8) is 0 Å². The van der Waals surface area contributed by atoms with Crippen LogP contribution in [0.2, 0.25) is 5.02 Å². The van der Waals surface area contributed by atoms with Crippen molar-refractivity contribution < 1.29 is 9.59 Å². The molecular formula is C23H18ClN3O2S3. The molecule has 2 aromatic carbocycles. The van der Waals surface area contributed by atoms with Crippen molar-refractivity contribution in [2.24, 2.45) is 0 Å². The number of hydrogen-bond donors (Lipinski definition) is 1. The van der Waals surface area contributed by atoms with Gasteiger partial charge in [0.2, 0.25) is 5.91 Å². The molecule has 0 spiro atoms. The van der Waals surface area contributed by atoms with Crippen molar-refractivity contribution >= 4 is 74.3 Å². The van der Waals surface area contributed by atoms with Gasteiger partial charge in [0.15, 0.2) is 5.13 Å². The van der Waals surface area contributed by atoms with Gasteiger partial charge in [0.05, 0.1) is 4.91 Å². The topological polar surface area (TPSA) is 62.3 Å². The number of benzene rings is 2. The first-order valence-corrected chi connectivity index (χ1v) is 12.1. The summed E-state index contributed by atoms with van der Waals surface area (Å²) in [4.78, 5) is 32.4. The lowest BCUT2D eigenvalue weighted by Crippen LogP contribution is -2.36. The molecule has 1 N–H and O–H groups in total. The Hall–Kier alpha value is -2.52. The molecule has 1 aromatic heterocycles. The van der Waals surface area contributed by atoms with Gasteiger partial charge in [-0.3, -0.25) is 14.5 Å². The number of carbonyl (C=O) groups is 2. The molecule has 3 aromatic rings. The minimum atomic E-state index is -0.342. The summed E-state index contributed by atoms with van der Waals surface area (Å²) in [7, 11) is 0. The van der Waals surface area contributed by atoms with Crippen molar-refractivity contribution in [1.82, 2.24) is 9.88 Å². The number of nitrogens with zero attached hydrogens (tertiary/aromatic N) is 2. The molecule has 1 aliphatic heterocycles. The van der Waals surface area contributed by atoms with Crippen molar-refractivity contribution in [1.29, 1.82) is 0 Å². The van der Waals surface area contributed by atoms with Crippen LogP contribution in [-0.2, 0) is 16.0 Å². The quantitative estimate of drug-likeness (QED) is 0.356. The van der Waals surface area contributed by atoms with Gasteiger partial charge in [-0.2, -0.15) is 0 Å². The predicted molar refractivity (Wildman–Crippen MR) is 136 cm³/mol. The summed E-state index contributed by atoms with van der Waals surface area (Å²) in [5, 5.41) is 3.94. The van der Waals surface area contributed by atoms with E-state index in [1.807, 2.05) is 55.5 Å². The average molecular weight is 500 g/mol. The summed E-state index contributed by atoms with van der Waals surface area (Å²) >= 11 is 13.8. The van der Waals surface area contributed by atoms with E-state index in [1.165, 1.54) is 28.0 Å². The standard InChI is InChI=1S/C23H18ClN3O2S3/c1-14-2-4-16(5-3-14)11-19-21(29)27(23(30)32-19)13-20(28)26-22-25-12-18(31-22)10-15-6-8-17(24)9-7-15/h2-9,11-12H,10,13H2,1H3,(H,25,26,28)/b19-11+. The number of aryl methyl sites for hydroxylation is 1. The molecule has 0 aliphatic carbocycles. The highest BCUT2D eigenvalue weighted by molar-refractivity contribution is 8.26. The number of nitrogens with one attached hydrogen (secondary N) is 1. The first-order valence-electron chi connectivity index (χ1n) is 9.68. The summed E-state index contributed by atoms with van der Waals surface area (Å²) in [5.41, 5.74) is 3.16. The molecule has 2 amide bonds. The number of thioether (sulfide) groups is 1. The predicted octanol–water partition coefficient (Wildman–Crippen LogP) is 5.54. The lowest BCUT2D eigenvalue weighted by atomic mass is 10.1. The highest BCUT2D eigenvalue weighted by Crippen LogP contribution is 2.32. The van der Waals surface area contributed by atoms with Crippen LogP contribution in [0, 0.1) is 6.92 Å². The van der Waals surface area contributed by atoms with Gasteiger partial charge in [0.25, 0.3) is 5.91 Å². The first-order chi connectivity index (χ1) is 15.4. The Morgan fingerprint density at radius 1 is 1.19 bits per heavy atom. The zero-order valence-electron chi connectivity index (χ0n) is 17.0. The van der Waals surface area contributed by atoms with Gasteiger partial charge in [-0.25, -0.2) is 4.98 Å². The van der Waals surface area contributed by atoms with Gasteiger partial charge in [-0.15, -0.1) is 11.3 Å². The molecule has 1 aliphatic rings. The Morgan fingerprint density at radius 2 is 1.91 bits per heavy atom. The Labute approximate surface area is 204 Å². The van der Waals surface area contributed by atoms with Crippen molar-refractivity contribution in [3.8, 4) is 0 Å². The number of hydrogen-bond acceptors (Lipinski definition) is 6. The SMILES string of the molecule is Cc1ccc(/C=C2/SC(=S)N(CC(=O)Nc3ncc(Cc4ccc(Cl)cc4)s3)C2=O)cc1. The number of aromatic nitrogens is 1. The fourth-order valence-electron chi connectivity index (χ4n) is 3.00. The molecule has 1 fully saturated rings. The van der Waals surface area contributed by atoms with E-state index in [4.69, 9.17) is 23.8 Å². The molecule has 0 bridgehead atoms. The van der Waals surface area contributed by atoms with E-state index in [1.54, 1.807) is 12.3 Å². The maximum atomic E-state index is 12.8. The Bertz CT molecular complexity index is 1200. The number of halogens is 1. The van der Waals surface area contributed by atoms with Crippen LogP contribution in [0.4, 0.5) is 5.13 Å². The van der Waals surface area contributed by atoms with E-state index in [0.717, 1.165) is 21.6 Å². The summed E-state index contributed by atoms with van der Waals surface area (Å²) < 4.78 is 0.367. The molecule has 0 unspecified atom stereocenters. The summed E-state index contributed by atoms with van der Waals surface area (Å²) in [6.45, 7) is 1.85. The molecule has 4 rings (SSSR count). The first kappa shape index (κ1) is 22.7. The third-order valence-corrected chi connectivity index (χ3v) is 7.18. The number of carbonyl (C=O) groups excluding carboxylic acids is 2. The van der Waals surface area contributed by atoms with Crippen LogP contribution in [0.3, 0.4) is 0 Å². The largest absolute Gasteiger partial charge is 0.300 e. The van der Waals surface area contributed by atoms with Crippen LogP contribution >= 0.6 is 46.9 Å². The van der Waals surface area contributed by atoms with Crippen molar-refractivity contribution in [3.05, 3.63) is 86.2 Å². The van der Waals surface area contributed by atoms with Gasteiger partial charge in [0, 0.05) is 22.5 Å². The maximum Gasteiger partial charge on any atom is 0.266 e. The Kier molecular flexibility index (Phi) is 7.05. The summed E-state index contributed by atoms with van der Waals surface area (Å²) in [6, 6.07) is 15.5. The number of thiocarbonyl (C=S) groups is 1. The van der Waals surface area contributed by atoms with Crippen LogP contribution in [0.5, 0.6) is 0 Å². The second-order valence-corrected chi connectivity index (χ2v) is 10.4. The smallest absolute Gasteiger partial charge is 0.266 e. The van der Waals surface area contributed by atoms with Crippen LogP contribution < -0.4 is 5.32 Å². The fourth-order valence-corrected chi connectivity index (χ4v) is 5.25. The zero-order valence-corrected chi connectivity index (χ0v) is 20.2. The van der Waals surface area contributed by atoms with E-state index in [2.05, 4.69) is 10.3 Å². The zero-order chi connectivity index (χ0) is 22.7. The summed E-state index contributed by atoms with van der Waals surface area (Å²) in [5.74, 6) is -0.608. The highest BCUT2D eigenvalue weighted by Gasteiger charge is 2.33. The van der Waals surface area contributed by atoms with Crippen molar-refractivity contribution in [2.75, 3.05) is 11.9 Å². The molecular weight excluding hydrogens is 482 g/mol. The fraction of sp³-hybridized carbons (Fsp3) is 0.130. The van der Waals surface area contributed by atoms with Crippen LogP contribution in [0.25, 0.3) is 6.08 Å². The third-order valence-electron chi connectivity index (χ3n) is 4.64. The van der Waals surface area contributed by atoms with E-state index >= 15 is 0 Å². The van der Waals surface area contributed by atoms with Gasteiger partial charge >= 0.3 is 0 Å². The average Bonchev–Trinajstić information content (AvgIpc) is 3.30. The highest BCUT2D eigenvalue weighted by atomic mass is 35.5. The van der Waals surface area contributed by atoms with E-state index < -0.39 is 0 Å². The van der Waals surface area contributed by atoms with Crippen LogP contribution in [0.1, 0.15) is 21.6 Å². The second kappa shape index (κ2) is 9.95. The molecule has 5 nitrogen and oxygen atoms in total. The molecule has 1 saturated heterocycles. The van der Waals surface area contributed by atoms with Gasteiger partial charge < -0.3 is 5.32 Å². The Balaban J connectivity index is 1.36. The van der Waals surface area contributed by atoms with Gasteiger partial charge in [0.1, 0.15) is 10.9 Å². The monoisotopic (exact) mass is 499 g/mol.